The number of rotatable bonds is 18. The number of fused-ring (bicyclic) bond motifs is 3. The number of hydrogen-bond acceptors (Lipinski definition) is 17. The molecule has 0 aromatic carbocycles. The number of aliphatic hydroxyl groups is 1. The summed E-state index contributed by atoms with van der Waals surface area (Å²) in [7, 11) is 6.83. The molecule has 0 amide bonds. The Morgan fingerprint density at radius 2 is 0.959 bits per heavy atom. The summed E-state index contributed by atoms with van der Waals surface area (Å²) in [5.41, 5.74) is 18.8. The number of likely N-dealkylation sites (tertiary alicyclic amines) is 3. The molecule has 6 aliphatic heterocycles. The Morgan fingerprint density at radius 1 is 0.459 bits per heavy atom. The van der Waals surface area contributed by atoms with Crippen LogP contribution in [0.25, 0.3) is 16.9 Å². The average Bonchev–Trinajstić information content (AvgIpc) is 1.60. The zero-order valence-electron chi connectivity index (χ0n) is 59.1. The van der Waals surface area contributed by atoms with E-state index in [4.69, 9.17) is 34.6 Å². The lowest BCUT2D eigenvalue weighted by Gasteiger charge is -2.41. The summed E-state index contributed by atoms with van der Waals surface area (Å²) in [5, 5.41) is 10.6. The minimum Gasteiger partial charge on any atom is -0.395 e. The molecule has 98 heavy (non-hydrogen) atoms. The summed E-state index contributed by atoms with van der Waals surface area (Å²) < 4.78 is 14.0. The van der Waals surface area contributed by atoms with Gasteiger partial charge >= 0.3 is 0 Å². The molecule has 20 nitrogen and oxygen atoms in total. The highest BCUT2D eigenvalue weighted by atomic mass is 16.5. The molecule has 0 spiro atoms. The van der Waals surface area contributed by atoms with Crippen LogP contribution in [0.3, 0.4) is 0 Å². The van der Waals surface area contributed by atoms with E-state index in [0.29, 0.717) is 19.3 Å². The van der Waals surface area contributed by atoms with Crippen LogP contribution >= 0.6 is 0 Å². The zero-order valence-corrected chi connectivity index (χ0v) is 59.1. The Balaban J connectivity index is 0.669. The number of imidazole rings is 3. The molecule has 9 aromatic rings. The van der Waals surface area contributed by atoms with Gasteiger partial charge in [-0.25, -0.2) is 15.0 Å². The monoisotopic (exact) mass is 1320 g/mol. The fourth-order valence-corrected chi connectivity index (χ4v) is 17.9. The van der Waals surface area contributed by atoms with E-state index in [1.807, 2.05) is 24.7 Å². The number of aliphatic hydroxyl groups excluding tert-OH is 1. The third-order valence-corrected chi connectivity index (χ3v) is 23.6. The van der Waals surface area contributed by atoms with E-state index in [1.54, 1.807) is 0 Å². The van der Waals surface area contributed by atoms with Crippen molar-refractivity contribution in [1.82, 2.24) is 72.5 Å². The van der Waals surface area contributed by atoms with Gasteiger partial charge in [0.1, 0.15) is 34.4 Å². The Hall–Kier alpha value is -7.40. The Bertz CT molecular complexity index is 4290. The second-order valence-electron chi connectivity index (χ2n) is 29.7. The fourth-order valence-electron chi connectivity index (χ4n) is 17.9. The molecule has 6 atom stereocenters. The Labute approximate surface area is 578 Å². The van der Waals surface area contributed by atoms with Gasteiger partial charge in [0.05, 0.1) is 95.4 Å². The first-order chi connectivity index (χ1) is 47.9. The maximum atomic E-state index is 10.6. The topological polar surface area (TPSA) is 149 Å². The molecule has 9 aromatic heterocycles. The van der Waals surface area contributed by atoms with Crippen LogP contribution in [0.15, 0.2) is 104 Å². The molecule has 7 aliphatic rings. The number of aryl methyl sites for hydroxylation is 4. The number of nitrogens with zero attached hydrogens (tertiary/aromatic N) is 18. The summed E-state index contributed by atoms with van der Waals surface area (Å²) in [6.07, 6.45) is 20.4. The molecule has 0 unspecified atom stereocenters. The highest BCUT2D eigenvalue weighted by Gasteiger charge is 2.40. The zero-order chi connectivity index (χ0) is 66.7. The van der Waals surface area contributed by atoms with Gasteiger partial charge in [-0.1, -0.05) is 36.4 Å². The lowest BCUT2D eigenvalue weighted by molar-refractivity contribution is 0.0574. The van der Waals surface area contributed by atoms with E-state index >= 15 is 0 Å². The molecule has 1 N–H and O–H groups in total. The molecule has 516 valence electrons. The van der Waals surface area contributed by atoms with Gasteiger partial charge in [-0.2, -0.15) is 0 Å². The summed E-state index contributed by atoms with van der Waals surface area (Å²) in [6.45, 7) is 23.1. The van der Waals surface area contributed by atoms with E-state index in [1.165, 1.54) is 73.7 Å². The molecular weight excluding hydrogens is 1220 g/mol. The quantitative estimate of drug-likeness (QED) is 0.0867. The van der Waals surface area contributed by atoms with Crippen molar-refractivity contribution in [3.8, 4) is 0 Å². The van der Waals surface area contributed by atoms with Gasteiger partial charge in [0.2, 0.25) is 0 Å². The minimum absolute atomic E-state index is 0.0746. The third-order valence-electron chi connectivity index (χ3n) is 23.6. The van der Waals surface area contributed by atoms with Gasteiger partial charge in [0, 0.05) is 140 Å². The first-order valence-electron chi connectivity index (χ1n) is 37.0. The van der Waals surface area contributed by atoms with Gasteiger partial charge in [-0.05, 0) is 179 Å². The number of pyridine rings is 6. The van der Waals surface area contributed by atoms with Crippen LogP contribution in [0.4, 0.5) is 17.5 Å². The lowest BCUT2D eigenvalue weighted by Crippen LogP contribution is -2.47. The van der Waals surface area contributed by atoms with Crippen molar-refractivity contribution in [2.75, 3.05) is 128 Å². The normalized spacial score (nSPS) is 24.1. The van der Waals surface area contributed by atoms with E-state index < -0.39 is 0 Å². The standard InChI is InChI=1S/C78H102N18O2/c1-53-15-12-32-79-72(53)62-19-9-21-64(86(62)6)75-56(4)95-71(92-45-39-88(40-46-92)49-57-26-30-69(90-41-35-85(5)36-42-90)94-51-60(82-77(57)94)61-18-8-23-66(93(61)47-48-97)74-55(3)17-14-34-81-74)31-27-58(78(95)84-75)50-89-37-43-91(44-38-89)70-25-11-24-68-83-76(67(96(68)70)52-98-59-28-29-59)65-22-10-20-63(87(65)7)73-54(2)16-13-33-80-73/h11-17,24-27,30-34,51,59,61-66,97H,8-10,18-23,28-29,35-50,52H2,1-7H3/t61-,62+,63+,64-,65-,66+/m1/s1. The van der Waals surface area contributed by atoms with Gasteiger partial charge in [0.25, 0.3) is 0 Å². The van der Waals surface area contributed by atoms with Gasteiger partial charge in [0.15, 0.2) is 0 Å². The summed E-state index contributed by atoms with van der Waals surface area (Å²) in [5.74, 6) is 3.65. The molecular formula is C78H102N18O2. The maximum Gasteiger partial charge on any atom is 0.143 e. The molecule has 15 heterocycles. The molecule has 1 saturated carbocycles. The number of likely N-dealkylation sites (N-methyl/N-ethyl adjacent to an activating group) is 1. The molecule has 16 rings (SSSR count). The summed E-state index contributed by atoms with van der Waals surface area (Å²) >= 11 is 0. The van der Waals surface area contributed by atoms with Crippen LogP contribution in [0.1, 0.15) is 180 Å². The van der Waals surface area contributed by atoms with Crippen molar-refractivity contribution in [2.24, 2.45) is 0 Å². The van der Waals surface area contributed by atoms with E-state index in [9.17, 15) is 5.11 Å². The van der Waals surface area contributed by atoms with Gasteiger partial charge in [-0.15, -0.1) is 0 Å². The second-order valence-corrected chi connectivity index (χ2v) is 29.7. The Morgan fingerprint density at radius 3 is 1.53 bits per heavy atom. The molecule has 0 radical (unpaired) electrons. The van der Waals surface area contributed by atoms with Crippen molar-refractivity contribution in [1.29, 1.82) is 0 Å². The molecule has 0 bridgehead atoms. The van der Waals surface area contributed by atoms with Crippen LogP contribution < -0.4 is 14.7 Å². The lowest BCUT2D eigenvalue weighted by atomic mass is 9.90. The highest BCUT2D eigenvalue weighted by Crippen LogP contribution is 2.46. The van der Waals surface area contributed by atoms with Crippen molar-refractivity contribution >= 4 is 34.4 Å². The summed E-state index contributed by atoms with van der Waals surface area (Å²) in [6, 6.07) is 30.0. The highest BCUT2D eigenvalue weighted by molar-refractivity contribution is 5.62. The van der Waals surface area contributed by atoms with Crippen molar-refractivity contribution < 1.29 is 9.84 Å². The maximum absolute atomic E-state index is 10.6. The number of piperidine rings is 3. The number of ether oxygens (including phenoxy) is 1. The van der Waals surface area contributed by atoms with Crippen molar-refractivity contribution in [3.63, 3.8) is 0 Å². The smallest absolute Gasteiger partial charge is 0.143 e. The van der Waals surface area contributed by atoms with Gasteiger partial charge in [-0.3, -0.25) is 52.7 Å². The minimum atomic E-state index is 0.0746. The number of aromatic nitrogens is 9. The van der Waals surface area contributed by atoms with Crippen LogP contribution in [0.5, 0.6) is 0 Å². The van der Waals surface area contributed by atoms with Crippen LogP contribution in [0, 0.1) is 27.7 Å². The SMILES string of the molecule is Cc1cccnc1[C@@H]1CCC[C@H](c2nc3cccc(N4CCN(Cc5ccc(N6CCN(Cc7ccc(N8CCN(C)CC8)n8cc([C@H]9CCC[C@@H](c%10ncccc%10C)N9CCO)nc78)CC6)n6c(C)c([C@H]7CCC[C@@H](c8ncccc8C)N7C)nc56)CC4)n3c2COC2CC2)N1C. The first-order valence-corrected chi connectivity index (χ1v) is 37.0. The number of β-amino-alcohol motifs (C(OH)–C–C–N with tert-alkyl or cyclic N) is 1. The number of piperazine rings is 3. The largest absolute Gasteiger partial charge is 0.395 e. The predicted molar refractivity (Wildman–Crippen MR) is 387 cm³/mol. The molecule has 1 aliphatic carbocycles. The first kappa shape index (κ1) is 65.2. The molecule has 6 saturated heterocycles. The van der Waals surface area contributed by atoms with Crippen LogP contribution in [-0.4, -0.2) is 197 Å². The van der Waals surface area contributed by atoms with E-state index in [-0.39, 0.29) is 42.9 Å². The predicted octanol–water partition coefficient (Wildman–Crippen LogP) is 11.2. The average molecular weight is 1320 g/mol. The number of anilines is 3. The molecule has 7 fully saturated rings. The van der Waals surface area contributed by atoms with Crippen molar-refractivity contribution in [2.45, 2.75) is 160 Å². The van der Waals surface area contributed by atoms with Crippen LogP contribution in [-0.2, 0) is 24.4 Å². The third kappa shape index (κ3) is 12.6. The molecule has 20 heteroatoms. The van der Waals surface area contributed by atoms with Gasteiger partial charge < -0.3 is 29.4 Å². The van der Waals surface area contributed by atoms with Crippen molar-refractivity contribution in [3.05, 3.63) is 177 Å². The fraction of sp³-hybridized carbons (Fsp3) is 0.538. The Kier molecular flexibility index (Phi) is 18.6. The van der Waals surface area contributed by atoms with E-state index in [2.05, 4.69) is 185 Å². The summed E-state index contributed by atoms with van der Waals surface area (Å²) in [4.78, 5) is 55.0. The number of hydrogen-bond donors (Lipinski definition) is 1. The van der Waals surface area contributed by atoms with E-state index in [0.717, 1.165) is 196 Å². The van der Waals surface area contributed by atoms with Crippen LogP contribution in [0.2, 0.25) is 0 Å². The second kappa shape index (κ2) is 28.0.